The number of nitrogens with zero attached hydrogens (tertiary/aromatic N) is 1. The van der Waals surface area contributed by atoms with Gasteiger partial charge in [0.05, 0.1) is 16.6 Å². The van der Waals surface area contributed by atoms with Gasteiger partial charge in [0.25, 0.3) is 5.91 Å². The average Bonchev–Trinajstić information content (AvgIpc) is 2.43. The number of benzene rings is 1. The van der Waals surface area contributed by atoms with E-state index in [1.165, 1.54) is 0 Å². The molecule has 1 unspecified atom stereocenters. The van der Waals surface area contributed by atoms with Gasteiger partial charge in [-0.2, -0.15) is 4.39 Å². The zero-order chi connectivity index (χ0) is 15.6. The highest BCUT2D eigenvalue weighted by atomic mass is 19.1. The number of halogens is 2. The Morgan fingerprint density at radius 2 is 2.10 bits per heavy atom. The van der Waals surface area contributed by atoms with Crippen LogP contribution in [0.4, 0.5) is 14.5 Å². The molecule has 2 rings (SSSR count). The van der Waals surface area contributed by atoms with Crippen molar-refractivity contribution in [3.63, 3.8) is 0 Å². The summed E-state index contributed by atoms with van der Waals surface area (Å²) in [4.78, 5) is 32.2. The summed E-state index contributed by atoms with van der Waals surface area (Å²) in [6, 6.07) is 0.463. The van der Waals surface area contributed by atoms with Gasteiger partial charge in [-0.3, -0.25) is 19.7 Å². The van der Waals surface area contributed by atoms with Crippen LogP contribution >= 0.6 is 0 Å². The van der Waals surface area contributed by atoms with Gasteiger partial charge in [-0.1, -0.05) is 0 Å². The van der Waals surface area contributed by atoms with Crippen LogP contribution in [-0.4, -0.2) is 29.3 Å². The number of carbonyl (C=O) groups is 2. The number of nitro groups is 1. The topological polar surface area (TPSA) is 101 Å². The zero-order valence-corrected chi connectivity index (χ0v) is 10.7. The molecule has 0 bridgehead atoms. The molecule has 21 heavy (non-hydrogen) atoms. The van der Waals surface area contributed by atoms with Gasteiger partial charge in [0, 0.05) is 19.0 Å². The highest BCUT2D eigenvalue weighted by molar-refractivity contribution is 5.95. The maximum Gasteiger partial charge on any atom is 0.307 e. The van der Waals surface area contributed by atoms with Crippen LogP contribution in [0.5, 0.6) is 0 Å². The monoisotopic (exact) mass is 299 g/mol. The Morgan fingerprint density at radius 1 is 1.38 bits per heavy atom. The minimum atomic E-state index is -1.29. The van der Waals surface area contributed by atoms with E-state index in [-0.39, 0.29) is 18.9 Å². The minimum absolute atomic E-state index is 0.145. The smallest absolute Gasteiger partial charge is 0.307 e. The molecule has 2 N–H and O–H groups in total. The fourth-order valence-electron chi connectivity index (χ4n) is 1.97. The second-order valence-corrected chi connectivity index (χ2v) is 4.55. The number of hydrogen-bond donors (Lipinski definition) is 2. The van der Waals surface area contributed by atoms with Crippen molar-refractivity contribution >= 4 is 17.5 Å². The maximum absolute atomic E-state index is 13.7. The Hall–Kier alpha value is -2.58. The largest absolute Gasteiger partial charge is 0.354 e. The van der Waals surface area contributed by atoms with Crippen molar-refractivity contribution in [2.24, 2.45) is 0 Å². The van der Waals surface area contributed by atoms with Gasteiger partial charge >= 0.3 is 5.69 Å². The molecule has 0 saturated carbocycles. The summed E-state index contributed by atoms with van der Waals surface area (Å²) in [5.41, 5.74) is -1.65. The van der Waals surface area contributed by atoms with Gasteiger partial charge in [-0.15, -0.1) is 0 Å². The molecule has 1 aromatic carbocycles. The summed E-state index contributed by atoms with van der Waals surface area (Å²) in [6.07, 6.45) is 0.608. The molecule has 1 saturated heterocycles. The van der Waals surface area contributed by atoms with Crippen LogP contribution in [0.1, 0.15) is 23.2 Å². The standard InChI is InChI=1S/C12H11F2N3O4/c13-8-4-10(17(20)21)9(14)3-7(8)12(19)16-6-1-2-11(18)15-5-6/h3-4,6H,1-2,5H2,(H,15,18)(H,16,19). The molecule has 9 heteroatoms. The first kappa shape index (κ1) is 14.8. The van der Waals surface area contributed by atoms with Crippen molar-refractivity contribution in [1.29, 1.82) is 0 Å². The molecule has 1 aliphatic heterocycles. The van der Waals surface area contributed by atoms with E-state index >= 15 is 0 Å². The van der Waals surface area contributed by atoms with Gasteiger partial charge in [0.2, 0.25) is 11.7 Å². The van der Waals surface area contributed by atoms with Gasteiger partial charge in [-0.25, -0.2) is 4.39 Å². The number of nitrogens with one attached hydrogen (secondary N) is 2. The predicted molar refractivity (Wildman–Crippen MR) is 66.5 cm³/mol. The average molecular weight is 299 g/mol. The van der Waals surface area contributed by atoms with Crippen molar-refractivity contribution < 1.29 is 23.3 Å². The minimum Gasteiger partial charge on any atom is -0.354 e. The summed E-state index contributed by atoms with van der Waals surface area (Å²) in [6.45, 7) is 0.196. The third-order valence-electron chi connectivity index (χ3n) is 3.08. The quantitative estimate of drug-likeness (QED) is 0.639. The Labute approximate surface area is 117 Å². The fraction of sp³-hybridized carbons (Fsp3) is 0.333. The Morgan fingerprint density at radius 3 is 2.67 bits per heavy atom. The summed E-state index contributed by atoms with van der Waals surface area (Å²) in [5.74, 6) is -3.50. The lowest BCUT2D eigenvalue weighted by atomic mass is 10.1. The van der Waals surface area contributed by atoms with Crippen molar-refractivity contribution in [2.75, 3.05) is 6.54 Å². The number of carbonyl (C=O) groups excluding carboxylic acids is 2. The van der Waals surface area contributed by atoms with Crippen LogP contribution in [0.25, 0.3) is 0 Å². The molecule has 1 atom stereocenters. The van der Waals surface area contributed by atoms with Gasteiger partial charge in [0.15, 0.2) is 0 Å². The first-order chi connectivity index (χ1) is 9.88. The summed E-state index contributed by atoms with van der Waals surface area (Å²) < 4.78 is 27.1. The first-order valence-corrected chi connectivity index (χ1v) is 6.09. The van der Waals surface area contributed by atoms with Gasteiger partial charge in [0.1, 0.15) is 5.82 Å². The molecule has 0 aliphatic carbocycles. The first-order valence-electron chi connectivity index (χ1n) is 6.09. The van der Waals surface area contributed by atoms with E-state index in [4.69, 9.17) is 0 Å². The number of nitro benzene ring substituents is 1. The van der Waals surface area contributed by atoms with E-state index in [1.54, 1.807) is 0 Å². The maximum atomic E-state index is 13.7. The lowest BCUT2D eigenvalue weighted by Crippen LogP contribution is -2.47. The molecule has 1 aromatic rings. The second-order valence-electron chi connectivity index (χ2n) is 4.55. The van der Waals surface area contributed by atoms with Crippen LogP contribution in [0.2, 0.25) is 0 Å². The number of piperidine rings is 1. The van der Waals surface area contributed by atoms with E-state index in [0.29, 0.717) is 18.6 Å². The van der Waals surface area contributed by atoms with Crippen LogP contribution in [-0.2, 0) is 4.79 Å². The molecule has 1 fully saturated rings. The Bertz CT molecular complexity index is 611. The highest BCUT2D eigenvalue weighted by Crippen LogP contribution is 2.21. The van der Waals surface area contributed by atoms with Crippen molar-refractivity contribution in [1.82, 2.24) is 10.6 Å². The molecular formula is C12H11F2N3O4. The number of rotatable bonds is 3. The Balaban J connectivity index is 2.14. The molecule has 0 spiro atoms. The molecule has 0 radical (unpaired) electrons. The molecule has 1 aliphatic rings. The molecule has 112 valence electrons. The van der Waals surface area contributed by atoms with E-state index in [2.05, 4.69) is 10.6 Å². The van der Waals surface area contributed by atoms with Crippen LogP contribution in [0.3, 0.4) is 0 Å². The zero-order valence-electron chi connectivity index (χ0n) is 10.7. The molecule has 2 amide bonds. The Kier molecular flexibility index (Phi) is 4.10. The van der Waals surface area contributed by atoms with Gasteiger partial charge in [-0.05, 0) is 12.5 Å². The molecule has 7 nitrogen and oxygen atoms in total. The second kappa shape index (κ2) is 5.81. The lowest BCUT2D eigenvalue weighted by Gasteiger charge is -2.23. The van der Waals surface area contributed by atoms with Crippen LogP contribution in [0.15, 0.2) is 12.1 Å². The summed E-state index contributed by atoms with van der Waals surface area (Å²) >= 11 is 0. The van der Waals surface area contributed by atoms with Crippen molar-refractivity contribution in [3.05, 3.63) is 39.4 Å². The normalized spacial score (nSPS) is 18.0. The summed E-state index contributed by atoms with van der Waals surface area (Å²) in [5, 5.41) is 15.4. The van der Waals surface area contributed by atoms with Crippen molar-refractivity contribution in [2.45, 2.75) is 18.9 Å². The molecule has 0 aromatic heterocycles. The summed E-state index contributed by atoms with van der Waals surface area (Å²) in [7, 11) is 0. The highest BCUT2D eigenvalue weighted by Gasteiger charge is 2.25. The van der Waals surface area contributed by atoms with Crippen LogP contribution < -0.4 is 10.6 Å². The number of amides is 2. The van der Waals surface area contributed by atoms with E-state index < -0.39 is 39.8 Å². The van der Waals surface area contributed by atoms with Crippen LogP contribution in [0, 0.1) is 21.7 Å². The lowest BCUT2D eigenvalue weighted by molar-refractivity contribution is -0.387. The van der Waals surface area contributed by atoms with Gasteiger partial charge < -0.3 is 10.6 Å². The van der Waals surface area contributed by atoms with Crippen molar-refractivity contribution in [3.8, 4) is 0 Å². The molecular weight excluding hydrogens is 288 g/mol. The third-order valence-corrected chi connectivity index (χ3v) is 3.08. The molecule has 1 heterocycles. The van der Waals surface area contributed by atoms with E-state index in [9.17, 15) is 28.5 Å². The fourth-order valence-corrected chi connectivity index (χ4v) is 1.97. The van der Waals surface area contributed by atoms with E-state index in [1.807, 2.05) is 0 Å². The third kappa shape index (κ3) is 3.30. The number of hydrogen-bond acceptors (Lipinski definition) is 4. The van der Waals surface area contributed by atoms with E-state index in [0.717, 1.165) is 0 Å². The predicted octanol–water partition coefficient (Wildman–Crippen LogP) is 0.881. The SMILES string of the molecule is O=C1CCC(NC(=O)c2cc(F)c([N+](=O)[O-])cc2F)CN1.